The normalized spacial score (nSPS) is 19.5. The summed E-state index contributed by atoms with van der Waals surface area (Å²) in [6, 6.07) is 5.55. The van der Waals surface area contributed by atoms with Crippen LogP contribution < -0.4 is 11.1 Å². The fraction of sp³-hybridized carbons (Fsp3) is 0.500. The summed E-state index contributed by atoms with van der Waals surface area (Å²) in [4.78, 5) is 12.0. The molecule has 1 aliphatic heterocycles. The number of amides is 1. The summed E-state index contributed by atoms with van der Waals surface area (Å²) >= 11 is 1.96. The molecule has 4 heteroatoms. The third-order valence-electron chi connectivity index (χ3n) is 3.22. The van der Waals surface area contributed by atoms with E-state index in [0.29, 0.717) is 16.5 Å². The molecule has 1 fully saturated rings. The zero-order chi connectivity index (χ0) is 13.0. The molecule has 1 aromatic rings. The van der Waals surface area contributed by atoms with E-state index in [-0.39, 0.29) is 5.91 Å². The van der Waals surface area contributed by atoms with Gasteiger partial charge >= 0.3 is 0 Å². The number of hydrogen-bond donors (Lipinski definition) is 2. The molecule has 0 bridgehead atoms. The Morgan fingerprint density at radius 2 is 2.33 bits per heavy atom. The minimum Gasteiger partial charge on any atom is -0.398 e. The van der Waals surface area contributed by atoms with Crippen molar-refractivity contribution in [2.45, 2.75) is 31.4 Å². The number of hydrogen-bond acceptors (Lipinski definition) is 3. The predicted molar refractivity (Wildman–Crippen MR) is 78.0 cm³/mol. The second kappa shape index (κ2) is 6.14. The van der Waals surface area contributed by atoms with E-state index in [1.807, 2.05) is 30.8 Å². The minimum absolute atomic E-state index is 0.0568. The first-order valence-corrected chi connectivity index (χ1v) is 7.47. The number of aryl methyl sites for hydroxylation is 1. The molecule has 2 rings (SSSR count). The van der Waals surface area contributed by atoms with E-state index in [1.165, 1.54) is 25.0 Å². The van der Waals surface area contributed by atoms with Gasteiger partial charge in [0, 0.05) is 17.5 Å². The van der Waals surface area contributed by atoms with Gasteiger partial charge in [0.05, 0.1) is 5.56 Å². The Bertz CT molecular complexity index is 428. The van der Waals surface area contributed by atoms with Gasteiger partial charge < -0.3 is 11.1 Å². The molecule has 1 heterocycles. The minimum atomic E-state index is -0.0568. The van der Waals surface area contributed by atoms with Crippen molar-refractivity contribution in [2.75, 3.05) is 18.0 Å². The van der Waals surface area contributed by atoms with E-state index in [2.05, 4.69) is 5.32 Å². The van der Waals surface area contributed by atoms with Gasteiger partial charge in [0.1, 0.15) is 0 Å². The number of nitrogens with two attached hydrogens (primary N) is 1. The largest absolute Gasteiger partial charge is 0.398 e. The van der Waals surface area contributed by atoms with Crippen molar-refractivity contribution in [2.24, 2.45) is 0 Å². The smallest absolute Gasteiger partial charge is 0.253 e. The van der Waals surface area contributed by atoms with Crippen molar-refractivity contribution in [3.63, 3.8) is 0 Å². The van der Waals surface area contributed by atoms with Crippen LogP contribution in [-0.4, -0.2) is 23.5 Å². The fourth-order valence-electron chi connectivity index (χ4n) is 2.16. The lowest BCUT2D eigenvalue weighted by atomic mass is 10.1. The molecule has 1 aliphatic rings. The van der Waals surface area contributed by atoms with Crippen molar-refractivity contribution in [1.82, 2.24) is 5.32 Å². The molecular weight excluding hydrogens is 244 g/mol. The molecule has 1 atom stereocenters. The summed E-state index contributed by atoms with van der Waals surface area (Å²) in [5, 5.41) is 3.55. The maximum Gasteiger partial charge on any atom is 0.253 e. The van der Waals surface area contributed by atoms with E-state index in [1.54, 1.807) is 6.07 Å². The van der Waals surface area contributed by atoms with Gasteiger partial charge in [-0.25, -0.2) is 0 Å². The third kappa shape index (κ3) is 3.42. The second-order valence-electron chi connectivity index (χ2n) is 4.79. The summed E-state index contributed by atoms with van der Waals surface area (Å²) in [6.45, 7) is 2.72. The highest BCUT2D eigenvalue weighted by Crippen LogP contribution is 2.24. The Labute approximate surface area is 113 Å². The predicted octanol–water partition coefficient (Wildman–Crippen LogP) is 2.59. The Morgan fingerprint density at radius 1 is 1.50 bits per heavy atom. The molecule has 98 valence electrons. The molecule has 3 N–H and O–H groups in total. The highest BCUT2D eigenvalue weighted by molar-refractivity contribution is 7.99. The fourth-order valence-corrected chi connectivity index (χ4v) is 3.40. The van der Waals surface area contributed by atoms with Crippen molar-refractivity contribution < 1.29 is 4.79 Å². The van der Waals surface area contributed by atoms with Crippen LogP contribution in [0.25, 0.3) is 0 Å². The number of nitrogens with one attached hydrogen (secondary N) is 1. The van der Waals surface area contributed by atoms with E-state index in [4.69, 9.17) is 5.73 Å². The summed E-state index contributed by atoms with van der Waals surface area (Å²) in [6.07, 6.45) is 3.79. The average Bonchev–Trinajstić information content (AvgIpc) is 2.37. The zero-order valence-corrected chi connectivity index (χ0v) is 11.6. The molecule has 1 amide bonds. The van der Waals surface area contributed by atoms with Crippen LogP contribution in [0.2, 0.25) is 0 Å². The number of nitrogen functional groups attached to an aromatic ring is 1. The topological polar surface area (TPSA) is 55.1 Å². The number of thioether (sulfide) groups is 1. The summed E-state index contributed by atoms with van der Waals surface area (Å²) < 4.78 is 0. The van der Waals surface area contributed by atoms with Crippen molar-refractivity contribution >= 4 is 23.4 Å². The highest BCUT2D eigenvalue weighted by atomic mass is 32.2. The van der Waals surface area contributed by atoms with Crippen LogP contribution >= 0.6 is 11.8 Å². The lowest BCUT2D eigenvalue weighted by Crippen LogP contribution is -2.32. The molecule has 0 aromatic heterocycles. The summed E-state index contributed by atoms with van der Waals surface area (Å²) in [5.41, 5.74) is 8.08. The van der Waals surface area contributed by atoms with Crippen LogP contribution in [0.15, 0.2) is 18.2 Å². The van der Waals surface area contributed by atoms with Crippen LogP contribution in [0.1, 0.15) is 35.2 Å². The number of carbonyl (C=O) groups is 1. The van der Waals surface area contributed by atoms with Gasteiger partial charge in [-0.05, 0) is 43.2 Å². The van der Waals surface area contributed by atoms with Gasteiger partial charge in [0.15, 0.2) is 0 Å². The summed E-state index contributed by atoms with van der Waals surface area (Å²) in [5.74, 6) is 1.16. The molecule has 1 saturated heterocycles. The zero-order valence-electron chi connectivity index (χ0n) is 10.7. The average molecular weight is 264 g/mol. The molecule has 0 spiro atoms. The molecule has 1 aromatic carbocycles. The van der Waals surface area contributed by atoms with E-state index in [9.17, 15) is 4.79 Å². The molecule has 0 saturated carbocycles. The standard InChI is InChI=1S/C14H20N2OS/c1-10-5-6-12(13(15)8-10)14(17)16-9-11-4-2-3-7-18-11/h5-6,8,11H,2-4,7,9,15H2,1H3,(H,16,17). The van der Waals surface area contributed by atoms with Crippen LogP contribution in [-0.2, 0) is 0 Å². The number of rotatable bonds is 3. The Balaban J connectivity index is 1.90. The number of anilines is 1. The highest BCUT2D eigenvalue weighted by Gasteiger charge is 2.16. The van der Waals surface area contributed by atoms with Gasteiger partial charge in [0.2, 0.25) is 0 Å². The Morgan fingerprint density at radius 3 is 3.00 bits per heavy atom. The molecular formula is C14H20N2OS. The maximum absolute atomic E-state index is 12.0. The lowest BCUT2D eigenvalue weighted by Gasteiger charge is -2.21. The molecule has 18 heavy (non-hydrogen) atoms. The quantitative estimate of drug-likeness (QED) is 0.825. The van der Waals surface area contributed by atoms with Crippen LogP contribution in [0, 0.1) is 6.92 Å². The van der Waals surface area contributed by atoms with Gasteiger partial charge in [-0.1, -0.05) is 12.5 Å². The first-order valence-electron chi connectivity index (χ1n) is 6.43. The summed E-state index contributed by atoms with van der Waals surface area (Å²) in [7, 11) is 0. The molecule has 3 nitrogen and oxygen atoms in total. The molecule has 0 radical (unpaired) electrons. The van der Waals surface area contributed by atoms with Gasteiger partial charge in [-0.2, -0.15) is 11.8 Å². The third-order valence-corrected chi connectivity index (χ3v) is 4.61. The van der Waals surface area contributed by atoms with Gasteiger partial charge in [-0.3, -0.25) is 4.79 Å². The van der Waals surface area contributed by atoms with Crippen molar-refractivity contribution in [3.8, 4) is 0 Å². The maximum atomic E-state index is 12.0. The first-order chi connectivity index (χ1) is 8.66. The van der Waals surface area contributed by atoms with E-state index >= 15 is 0 Å². The van der Waals surface area contributed by atoms with Crippen LogP contribution in [0.5, 0.6) is 0 Å². The number of benzene rings is 1. The van der Waals surface area contributed by atoms with E-state index in [0.717, 1.165) is 12.1 Å². The van der Waals surface area contributed by atoms with Crippen LogP contribution in [0.4, 0.5) is 5.69 Å². The van der Waals surface area contributed by atoms with Gasteiger partial charge in [0.25, 0.3) is 5.91 Å². The Kier molecular flexibility index (Phi) is 4.53. The first kappa shape index (κ1) is 13.3. The SMILES string of the molecule is Cc1ccc(C(=O)NCC2CCCCS2)c(N)c1. The molecule has 0 aliphatic carbocycles. The second-order valence-corrected chi connectivity index (χ2v) is 6.20. The molecule has 1 unspecified atom stereocenters. The Hall–Kier alpha value is -1.16. The monoisotopic (exact) mass is 264 g/mol. The van der Waals surface area contributed by atoms with E-state index < -0.39 is 0 Å². The number of carbonyl (C=O) groups excluding carboxylic acids is 1. The van der Waals surface area contributed by atoms with Gasteiger partial charge in [-0.15, -0.1) is 0 Å². The van der Waals surface area contributed by atoms with Crippen molar-refractivity contribution in [3.05, 3.63) is 29.3 Å². The van der Waals surface area contributed by atoms with Crippen molar-refractivity contribution in [1.29, 1.82) is 0 Å². The lowest BCUT2D eigenvalue weighted by molar-refractivity contribution is 0.0954. The van der Waals surface area contributed by atoms with Crippen LogP contribution in [0.3, 0.4) is 0 Å².